The van der Waals surface area contributed by atoms with Crippen LogP contribution in [-0.2, 0) is 20.1 Å². The second kappa shape index (κ2) is 6.24. The van der Waals surface area contributed by atoms with Crippen LogP contribution in [-0.4, -0.2) is 37.4 Å². The van der Waals surface area contributed by atoms with E-state index >= 15 is 0 Å². The van der Waals surface area contributed by atoms with Crippen LogP contribution in [0.25, 0.3) is 0 Å². The van der Waals surface area contributed by atoms with Gasteiger partial charge in [-0.2, -0.15) is 10.2 Å². The van der Waals surface area contributed by atoms with Crippen LogP contribution >= 0.6 is 15.9 Å². The number of carbonyl (C=O) groups is 1. The van der Waals surface area contributed by atoms with Gasteiger partial charge in [0.05, 0.1) is 15.9 Å². The highest BCUT2D eigenvalue weighted by Gasteiger charge is 2.23. The van der Waals surface area contributed by atoms with Crippen molar-refractivity contribution in [1.82, 2.24) is 24.5 Å². The first-order chi connectivity index (χ1) is 10.3. The maximum atomic E-state index is 12.7. The molecule has 0 saturated carbocycles. The van der Waals surface area contributed by atoms with Gasteiger partial charge in [0.15, 0.2) is 0 Å². The van der Waals surface area contributed by atoms with Crippen LogP contribution in [0.2, 0.25) is 0 Å². The van der Waals surface area contributed by atoms with Gasteiger partial charge in [0.1, 0.15) is 5.69 Å². The number of carbonyl (C=O) groups excluding carboxylic acids is 1. The van der Waals surface area contributed by atoms with Gasteiger partial charge in [-0.05, 0) is 43.6 Å². The molecule has 0 aliphatic carbocycles. The third kappa shape index (κ3) is 2.82. The van der Waals surface area contributed by atoms with Crippen molar-refractivity contribution < 1.29 is 4.79 Å². The lowest BCUT2D eigenvalue weighted by molar-refractivity contribution is 0.0773. The fourth-order valence-electron chi connectivity index (χ4n) is 2.63. The molecule has 0 aliphatic heterocycles. The monoisotopic (exact) mass is 367 g/mol. The maximum absolute atomic E-state index is 12.7. The van der Waals surface area contributed by atoms with Crippen molar-refractivity contribution in [3.05, 3.63) is 32.8 Å². The van der Waals surface area contributed by atoms with Crippen LogP contribution in [0.5, 0.6) is 0 Å². The van der Waals surface area contributed by atoms with Crippen molar-refractivity contribution >= 4 is 21.8 Å². The molecule has 22 heavy (non-hydrogen) atoms. The first-order valence-corrected chi connectivity index (χ1v) is 8.04. The molecule has 7 heteroatoms. The van der Waals surface area contributed by atoms with E-state index in [4.69, 9.17) is 0 Å². The minimum atomic E-state index is -0.0574. The number of hydrogen-bond donors (Lipinski definition) is 0. The summed E-state index contributed by atoms with van der Waals surface area (Å²) in [6, 6.07) is 0. The van der Waals surface area contributed by atoms with Gasteiger partial charge >= 0.3 is 0 Å². The van der Waals surface area contributed by atoms with Crippen molar-refractivity contribution in [2.45, 2.75) is 40.8 Å². The van der Waals surface area contributed by atoms with Crippen LogP contribution in [0.1, 0.15) is 40.1 Å². The number of nitrogens with zero attached hydrogens (tertiary/aromatic N) is 5. The van der Waals surface area contributed by atoms with Crippen LogP contribution < -0.4 is 0 Å². The number of halogens is 1. The first-order valence-electron chi connectivity index (χ1n) is 7.25. The van der Waals surface area contributed by atoms with Crippen molar-refractivity contribution in [3.63, 3.8) is 0 Å². The highest BCUT2D eigenvalue weighted by Crippen LogP contribution is 2.23. The second-order valence-electron chi connectivity index (χ2n) is 5.50. The summed E-state index contributed by atoms with van der Waals surface area (Å²) in [6.07, 6.45) is 0. The molecule has 6 nitrogen and oxygen atoms in total. The Morgan fingerprint density at radius 3 is 2.32 bits per heavy atom. The molecule has 0 aromatic carbocycles. The molecular formula is C15H22BrN5O. The topological polar surface area (TPSA) is 56.0 Å². The summed E-state index contributed by atoms with van der Waals surface area (Å²) in [5.41, 5.74) is 4.57. The molecule has 2 heterocycles. The third-order valence-electron chi connectivity index (χ3n) is 3.92. The molecule has 0 aliphatic rings. The molecular weight excluding hydrogens is 346 g/mol. The third-order valence-corrected chi connectivity index (χ3v) is 4.87. The minimum Gasteiger partial charge on any atom is -0.336 e. The Morgan fingerprint density at radius 2 is 1.86 bits per heavy atom. The standard InChI is InChI=1S/C15H22BrN5O/c1-7-21-11(4)12(9(2)18-21)8-19(5)15(22)14-13(16)10(3)17-20(14)6/h7-8H2,1-6H3. The Hall–Kier alpha value is -1.63. The molecule has 2 aromatic heterocycles. The highest BCUT2D eigenvalue weighted by molar-refractivity contribution is 9.10. The number of aryl methyl sites for hydroxylation is 4. The molecule has 2 aromatic rings. The van der Waals surface area contributed by atoms with Crippen molar-refractivity contribution in [2.24, 2.45) is 7.05 Å². The number of hydrogen-bond acceptors (Lipinski definition) is 3. The lowest BCUT2D eigenvalue weighted by Crippen LogP contribution is -2.28. The zero-order valence-electron chi connectivity index (χ0n) is 13.9. The molecule has 0 unspecified atom stereocenters. The van der Waals surface area contributed by atoms with Crippen molar-refractivity contribution in [1.29, 1.82) is 0 Å². The summed E-state index contributed by atoms with van der Waals surface area (Å²) in [4.78, 5) is 14.4. The molecule has 2 rings (SSSR count). The largest absolute Gasteiger partial charge is 0.336 e. The zero-order valence-corrected chi connectivity index (χ0v) is 15.5. The van der Waals surface area contributed by atoms with Gasteiger partial charge in [0.25, 0.3) is 5.91 Å². The quantitative estimate of drug-likeness (QED) is 0.834. The maximum Gasteiger partial charge on any atom is 0.273 e. The van der Waals surface area contributed by atoms with E-state index in [9.17, 15) is 4.79 Å². The van der Waals surface area contributed by atoms with E-state index in [1.807, 2.05) is 25.5 Å². The Kier molecular flexibility index (Phi) is 4.75. The summed E-state index contributed by atoms with van der Waals surface area (Å²) in [6.45, 7) is 9.33. The average Bonchev–Trinajstić information content (AvgIpc) is 2.88. The molecule has 0 N–H and O–H groups in total. The van der Waals surface area contributed by atoms with Crippen LogP contribution in [0.4, 0.5) is 0 Å². The van der Waals surface area contributed by atoms with Gasteiger partial charge in [0, 0.05) is 38.4 Å². The Morgan fingerprint density at radius 1 is 1.23 bits per heavy atom. The van der Waals surface area contributed by atoms with Gasteiger partial charge in [-0.25, -0.2) is 0 Å². The second-order valence-corrected chi connectivity index (χ2v) is 6.29. The average molecular weight is 368 g/mol. The van der Waals surface area contributed by atoms with E-state index in [0.717, 1.165) is 33.7 Å². The van der Waals surface area contributed by atoms with E-state index in [1.54, 1.807) is 23.7 Å². The zero-order chi connectivity index (χ0) is 16.6. The van der Waals surface area contributed by atoms with Gasteiger partial charge in [-0.3, -0.25) is 14.2 Å². The molecule has 0 spiro atoms. The van der Waals surface area contributed by atoms with E-state index in [1.165, 1.54) is 0 Å². The number of aromatic nitrogens is 4. The summed E-state index contributed by atoms with van der Waals surface area (Å²) < 4.78 is 4.34. The summed E-state index contributed by atoms with van der Waals surface area (Å²) in [5, 5.41) is 8.78. The Bertz CT molecular complexity index is 716. The molecule has 0 radical (unpaired) electrons. The van der Waals surface area contributed by atoms with Crippen LogP contribution in [0.3, 0.4) is 0 Å². The highest BCUT2D eigenvalue weighted by atomic mass is 79.9. The van der Waals surface area contributed by atoms with Crippen molar-refractivity contribution in [3.8, 4) is 0 Å². The fraction of sp³-hybridized carbons (Fsp3) is 0.533. The van der Waals surface area contributed by atoms with Crippen LogP contribution in [0, 0.1) is 20.8 Å². The van der Waals surface area contributed by atoms with Gasteiger partial charge in [0.2, 0.25) is 0 Å². The molecule has 0 bridgehead atoms. The SMILES string of the molecule is CCn1nc(C)c(CN(C)C(=O)c2c(Br)c(C)nn2C)c1C. The number of amides is 1. The predicted molar refractivity (Wildman–Crippen MR) is 88.8 cm³/mol. The molecule has 0 fully saturated rings. The van der Waals surface area contributed by atoms with Crippen LogP contribution in [0.15, 0.2) is 4.47 Å². The predicted octanol–water partition coefficient (Wildman–Crippen LogP) is 2.60. The van der Waals surface area contributed by atoms with Gasteiger partial charge in [-0.15, -0.1) is 0 Å². The fourth-order valence-corrected chi connectivity index (χ4v) is 3.13. The first kappa shape index (κ1) is 16.7. The molecule has 0 saturated heterocycles. The number of rotatable bonds is 4. The molecule has 0 atom stereocenters. The minimum absolute atomic E-state index is 0.0574. The van der Waals surface area contributed by atoms with Crippen molar-refractivity contribution in [2.75, 3.05) is 7.05 Å². The van der Waals surface area contributed by atoms with E-state index in [-0.39, 0.29) is 5.91 Å². The van der Waals surface area contributed by atoms with E-state index < -0.39 is 0 Å². The van der Waals surface area contributed by atoms with E-state index in [0.29, 0.717) is 12.2 Å². The lowest BCUT2D eigenvalue weighted by atomic mass is 10.2. The lowest BCUT2D eigenvalue weighted by Gasteiger charge is -2.18. The van der Waals surface area contributed by atoms with E-state index in [2.05, 4.69) is 33.1 Å². The normalized spacial score (nSPS) is 11.0. The molecule has 1 amide bonds. The summed E-state index contributed by atoms with van der Waals surface area (Å²) >= 11 is 3.45. The Balaban J connectivity index is 2.27. The summed E-state index contributed by atoms with van der Waals surface area (Å²) in [5.74, 6) is -0.0574. The Labute approximate surface area is 139 Å². The summed E-state index contributed by atoms with van der Waals surface area (Å²) in [7, 11) is 3.59. The molecule has 120 valence electrons. The van der Waals surface area contributed by atoms with Gasteiger partial charge < -0.3 is 4.90 Å². The van der Waals surface area contributed by atoms with Gasteiger partial charge in [-0.1, -0.05) is 0 Å². The smallest absolute Gasteiger partial charge is 0.273 e.